The lowest BCUT2D eigenvalue weighted by Gasteiger charge is -2.08. The van der Waals surface area contributed by atoms with Gasteiger partial charge in [-0.3, -0.25) is 0 Å². The molecule has 1 aromatic carbocycles. The fraction of sp³-hybridized carbons (Fsp3) is 0.250. The molecule has 0 aromatic heterocycles. The van der Waals surface area contributed by atoms with Crippen molar-refractivity contribution >= 4 is 41.4 Å². The summed E-state index contributed by atoms with van der Waals surface area (Å²) in [5.41, 5.74) is 1.37. The largest absolute Gasteiger partial charge is 0.364 e. The maximum absolute atomic E-state index is 2.26. The maximum Gasteiger partial charge on any atom is 0.0683 e. The lowest BCUT2D eigenvalue weighted by molar-refractivity contribution is 1.10. The average molecular weight is 279 g/mol. The van der Waals surface area contributed by atoms with Gasteiger partial charge in [-0.2, -0.15) is 0 Å². The van der Waals surface area contributed by atoms with Crippen molar-refractivity contribution in [2.75, 3.05) is 17.8 Å². The predicted molar refractivity (Wildman–Crippen MR) is 61.0 cm³/mol. The Balaban J connectivity index is 0.000000605. The lowest BCUT2D eigenvalue weighted by Crippen LogP contribution is -2.10. The molecule has 1 nitrogen and oxygen atoms in total. The van der Waals surface area contributed by atoms with E-state index in [1.165, 1.54) is 10.6 Å². The zero-order valence-electron chi connectivity index (χ0n) is 6.28. The van der Waals surface area contributed by atoms with Crippen molar-refractivity contribution in [3.8, 4) is 0 Å². The average Bonchev–Trinajstić information content (AvgIpc) is 2.34. The summed E-state index contributed by atoms with van der Waals surface area (Å²) in [6, 6.07) is 8.50. The van der Waals surface area contributed by atoms with Crippen LogP contribution in [-0.2, 0) is 0 Å². The molecule has 0 aliphatic carbocycles. The summed E-state index contributed by atoms with van der Waals surface area (Å²) in [5, 5.41) is 0. The standard InChI is InChI=1S/C8H9NS.HI/c1-9-6-10-8-5-3-2-4-7(8)9;/h2-5H,6H2,1H3;1H. The van der Waals surface area contributed by atoms with Crippen molar-refractivity contribution < 1.29 is 0 Å². The minimum atomic E-state index is 0. The van der Waals surface area contributed by atoms with Gasteiger partial charge in [0.05, 0.1) is 11.6 Å². The van der Waals surface area contributed by atoms with E-state index in [4.69, 9.17) is 0 Å². The first-order chi connectivity index (χ1) is 4.88. The van der Waals surface area contributed by atoms with Gasteiger partial charge in [-0.1, -0.05) is 12.1 Å². The van der Waals surface area contributed by atoms with E-state index < -0.39 is 0 Å². The number of para-hydroxylation sites is 1. The molecule has 2 rings (SSSR count). The van der Waals surface area contributed by atoms with Gasteiger partial charge in [0.15, 0.2) is 0 Å². The third-order valence-corrected chi connectivity index (χ3v) is 2.86. The highest BCUT2D eigenvalue weighted by Crippen LogP contribution is 2.36. The summed E-state index contributed by atoms with van der Waals surface area (Å²) in [4.78, 5) is 3.67. The van der Waals surface area contributed by atoms with Crippen LogP contribution in [-0.4, -0.2) is 12.9 Å². The number of thioether (sulfide) groups is 1. The van der Waals surface area contributed by atoms with Gasteiger partial charge in [0.25, 0.3) is 0 Å². The highest BCUT2D eigenvalue weighted by Gasteiger charge is 2.13. The number of anilines is 1. The first kappa shape index (κ1) is 9.19. The molecule has 1 aromatic rings. The van der Waals surface area contributed by atoms with Crippen LogP contribution in [0.25, 0.3) is 0 Å². The van der Waals surface area contributed by atoms with Crippen molar-refractivity contribution in [1.29, 1.82) is 0 Å². The van der Waals surface area contributed by atoms with Gasteiger partial charge in [0, 0.05) is 11.9 Å². The molecule has 1 aliphatic rings. The van der Waals surface area contributed by atoms with Crippen LogP contribution in [0.2, 0.25) is 0 Å². The van der Waals surface area contributed by atoms with Crippen molar-refractivity contribution in [3.63, 3.8) is 0 Å². The minimum absolute atomic E-state index is 0. The second-order valence-electron chi connectivity index (χ2n) is 2.44. The number of halogens is 1. The molecule has 0 radical (unpaired) electrons. The SMILES string of the molecule is CN1CSc2ccccc21.I. The summed E-state index contributed by atoms with van der Waals surface area (Å²) in [6.45, 7) is 0. The molecule has 3 heteroatoms. The minimum Gasteiger partial charge on any atom is -0.364 e. The summed E-state index contributed by atoms with van der Waals surface area (Å²) in [5.74, 6) is 1.10. The smallest absolute Gasteiger partial charge is 0.0683 e. The molecule has 0 saturated heterocycles. The van der Waals surface area contributed by atoms with Crippen LogP contribution >= 0.6 is 35.7 Å². The molecular formula is C8H10INS. The van der Waals surface area contributed by atoms with E-state index in [1.807, 2.05) is 11.8 Å². The zero-order valence-corrected chi connectivity index (χ0v) is 9.43. The third-order valence-electron chi connectivity index (χ3n) is 1.69. The molecule has 0 N–H and O–H groups in total. The van der Waals surface area contributed by atoms with E-state index in [-0.39, 0.29) is 24.0 Å². The van der Waals surface area contributed by atoms with Crippen LogP contribution in [0.1, 0.15) is 0 Å². The molecule has 0 fully saturated rings. The normalized spacial score (nSPS) is 14.1. The lowest BCUT2D eigenvalue weighted by atomic mass is 10.3. The zero-order chi connectivity index (χ0) is 6.97. The Morgan fingerprint density at radius 1 is 1.36 bits per heavy atom. The topological polar surface area (TPSA) is 3.24 Å². The van der Waals surface area contributed by atoms with Gasteiger partial charge < -0.3 is 4.90 Å². The number of hydrogen-bond acceptors (Lipinski definition) is 2. The van der Waals surface area contributed by atoms with Gasteiger partial charge in [-0.25, -0.2) is 0 Å². The fourth-order valence-electron chi connectivity index (χ4n) is 1.13. The molecule has 1 heterocycles. The number of nitrogens with zero attached hydrogens (tertiary/aromatic N) is 1. The molecule has 60 valence electrons. The van der Waals surface area contributed by atoms with Gasteiger partial charge in [0.2, 0.25) is 0 Å². The molecule has 0 bridgehead atoms. The Morgan fingerprint density at radius 2 is 2.09 bits per heavy atom. The summed E-state index contributed by atoms with van der Waals surface area (Å²) in [7, 11) is 2.12. The third kappa shape index (κ3) is 1.64. The molecular weight excluding hydrogens is 269 g/mol. The van der Waals surface area contributed by atoms with Gasteiger partial charge in [-0.15, -0.1) is 35.7 Å². The molecule has 0 amide bonds. The van der Waals surface area contributed by atoms with E-state index in [9.17, 15) is 0 Å². The van der Waals surface area contributed by atoms with Crippen LogP contribution in [0, 0.1) is 0 Å². The Hall–Kier alpha value is 0.100. The molecule has 0 saturated carbocycles. The number of hydrogen-bond donors (Lipinski definition) is 0. The van der Waals surface area contributed by atoms with E-state index in [0.717, 1.165) is 5.88 Å². The van der Waals surface area contributed by atoms with Crippen LogP contribution in [0.4, 0.5) is 5.69 Å². The van der Waals surface area contributed by atoms with Crippen molar-refractivity contribution in [3.05, 3.63) is 24.3 Å². The van der Waals surface area contributed by atoms with Gasteiger partial charge >= 0.3 is 0 Å². The predicted octanol–water partition coefficient (Wildman–Crippen LogP) is 2.80. The van der Waals surface area contributed by atoms with Crippen molar-refractivity contribution in [2.24, 2.45) is 0 Å². The molecule has 0 unspecified atom stereocenters. The first-order valence-electron chi connectivity index (χ1n) is 3.31. The van der Waals surface area contributed by atoms with E-state index in [1.54, 1.807) is 0 Å². The highest BCUT2D eigenvalue weighted by molar-refractivity contribution is 14.0. The van der Waals surface area contributed by atoms with Crippen LogP contribution < -0.4 is 4.90 Å². The fourth-order valence-corrected chi connectivity index (χ4v) is 2.15. The number of rotatable bonds is 0. The van der Waals surface area contributed by atoms with Crippen LogP contribution in [0.15, 0.2) is 29.2 Å². The quantitative estimate of drug-likeness (QED) is 0.672. The first-order valence-corrected chi connectivity index (χ1v) is 4.29. The second-order valence-corrected chi connectivity index (χ2v) is 3.43. The Kier molecular flexibility index (Phi) is 3.06. The number of fused-ring (bicyclic) bond motifs is 1. The van der Waals surface area contributed by atoms with Gasteiger partial charge in [0.1, 0.15) is 0 Å². The molecule has 11 heavy (non-hydrogen) atoms. The highest BCUT2D eigenvalue weighted by atomic mass is 127. The van der Waals surface area contributed by atoms with Crippen molar-refractivity contribution in [1.82, 2.24) is 0 Å². The van der Waals surface area contributed by atoms with E-state index >= 15 is 0 Å². The van der Waals surface area contributed by atoms with E-state index in [0.29, 0.717) is 0 Å². The summed E-state index contributed by atoms with van der Waals surface area (Å²) < 4.78 is 0. The van der Waals surface area contributed by atoms with Gasteiger partial charge in [-0.05, 0) is 12.1 Å². The molecule has 1 aliphatic heterocycles. The van der Waals surface area contributed by atoms with Crippen LogP contribution in [0.3, 0.4) is 0 Å². The summed E-state index contributed by atoms with van der Waals surface area (Å²) in [6.07, 6.45) is 0. The summed E-state index contributed by atoms with van der Waals surface area (Å²) >= 11 is 1.90. The number of benzene rings is 1. The Morgan fingerprint density at radius 3 is 2.82 bits per heavy atom. The van der Waals surface area contributed by atoms with E-state index in [2.05, 4.69) is 36.2 Å². The Labute approximate surface area is 88.2 Å². The molecule has 0 spiro atoms. The van der Waals surface area contributed by atoms with Crippen molar-refractivity contribution in [2.45, 2.75) is 4.90 Å². The Bertz CT molecular complexity index is 252. The molecule has 0 atom stereocenters. The maximum atomic E-state index is 2.26. The second kappa shape index (κ2) is 3.67. The van der Waals surface area contributed by atoms with Crippen LogP contribution in [0.5, 0.6) is 0 Å². The monoisotopic (exact) mass is 279 g/mol.